The van der Waals surface area contributed by atoms with Gasteiger partial charge in [0, 0.05) is 20.7 Å². The van der Waals surface area contributed by atoms with Gasteiger partial charge in [-0.2, -0.15) is 0 Å². The van der Waals surface area contributed by atoms with Crippen molar-refractivity contribution in [2.24, 2.45) is 0 Å². The highest BCUT2D eigenvalue weighted by Crippen LogP contribution is 2.35. The van der Waals surface area contributed by atoms with Crippen molar-refractivity contribution >= 4 is 68.1 Å². The van der Waals surface area contributed by atoms with E-state index in [0.717, 1.165) is 27.4 Å². The number of aryl methyl sites for hydroxylation is 1. The van der Waals surface area contributed by atoms with Gasteiger partial charge in [-0.15, -0.1) is 0 Å². The zero-order valence-corrected chi connectivity index (χ0v) is 21.7. The normalized spacial score (nSPS) is 14.5. The Bertz CT molecular complexity index is 1330. The van der Waals surface area contributed by atoms with Crippen molar-refractivity contribution in [3.05, 3.63) is 97.8 Å². The number of amides is 3. The first kappa shape index (κ1) is 25.0. The molecule has 0 unspecified atom stereocenters. The van der Waals surface area contributed by atoms with Gasteiger partial charge < -0.3 is 10.1 Å². The molecule has 6 nitrogen and oxygen atoms in total. The highest BCUT2D eigenvalue weighted by Gasteiger charge is 2.35. The molecule has 0 spiro atoms. The van der Waals surface area contributed by atoms with Gasteiger partial charge in [-0.1, -0.05) is 51.8 Å². The number of hydrogen-bond donors (Lipinski definition) is 1. The molecule has 35 heavy (non-hydrogen) atoms. The van der Waals surface area contributed by atoms with Crippen LogP contribution in [0.3, 0.4) is 0 Å². The van der Waals surface area contributed by atoms with E-state index >= 15 is 0 Å². The molecule has 1 aliphatic heterocycles. The fraction of sp³-hybridized carbons (Fsp3) is 0.115. The van der Waals surface area contributed by atoms with Gasteiger partial charge in [-0.25, -0.2) is 0 Å². The van der Waals surface area contributed by atoms with E-state index in [1.54, 1.807) is 54.6 Å². The topological polar surface area (TPSA) is 75.7 Å². The summed E-state index contributed by atoms with van der Waals surface area (Å²) in [5, 5.41) is 3.02. The van der Waals surface area contributed by atoms with Crippen molar-refractivity contribution in [1.29, 1.82) is 0 Å². The Morgan fingerprint density at radius 2 is 1.89 bits per heavy atom. The predicted molar refractivity (Wildman–Crippen MR) is 142 cm³/mol. The lowest BCUT2D eigenvalue weighted by Gasteiger charge is -2.13. The Kier molecular flexibility index (Phi) is 7.95. The Balaban J connectivity index is 1.47. The maximum Gasteiger partial charge on any atom is 0.293 e. The molecule has 1 N–H and O–H groups in total. The molecule has 178 valence electrons. The monoisotopic (exact) mass is 570 g/mol. The van der Waals surface area contributed by atoms with Gasteiger partial charge in [0.1, 0.15) is 5.75 Å². The number of carbonyl (C=O) groups excluding carboxylic acids is 3. The average molecular weight is 572 g/mol. The number of halogens is 2. The number of anilines is 1. The summed E-state index contributed by atoms with van der Waals surface area (Å²) in [6.07, 6.45) is 1.60. The van der Waals surface area contributed by atoms with Crippen molar-refractivity contribution in [1.82, 2.24) is 4.90 Å². The molecule has 3 aromatic carbocycles. The minimum atomic E-state index is -0.391. The second-order valence-corrected chi connectivity index (χ2v) is 10.1. The van der Waals surface area contributed by atoms with Gasteiger partial charge in [-0.05, 0) is 78.4 Å². The largest absolute Gasteiger partial charge is 0.483 e. The lowest BCUT2D eigenvalue weighted by atomic mass is 10.1. The number of nitrogens with one attached hydrogen (secondary N) is 1. The van der Waals surface area contributed by atoms with Gasteiger partial charge >= 0.3 is 0 Å². The SMILES string of the molecule is Cc1cccc(NC(=O)COc2ccc(Br)cc2/C=C2\SC(=O)N(Cc3ccc(Cl)cc3)C2=O)c1. The van der Waals surface area contributed by atoms with E-state index in [1.165, 1.54) is 4.90 Å². The molecule has 1 aliphatic rings. The molecule has 1 saturated heterocycles. The van der Waals surface area contributed by atoms with Crippen molar-refractivity contribution in [3.63, 3.8) is 0 Å². The molecule has 1 heterocycles. The summed E-state index contributed by atoms with van der Waals surface area (Å²) in [6.45, 7) is 1.88. The molecule has 4 rings (SSSR count). The predicted octanol–water partition coefficient (Wildman–Crippen LogP) is 6.66. The minimum absolute atomic E-state index is 0.153. The van der Waals surface area contributed by atoms with Crippen molar-refractivity contribution < 1.29 is 19.1 Å². The second kappa shape index (κ2) is 11.1. The molecule has 0 bridgehead atoms. The first-order valence-electron chi connectivity index (χ1n) is 10.6. The number of carbonyl (C=O) groups is 3. The third-order valence-corrected chi connectivity index (χ3v) is 6.70. The van der Waals surface area contributed by atoms with Gasteiger partial charge in [0.15, 0.2) is 6.61 Å². The van der Waals surface area contributed by atoms with Gasteiger partial charge in [0.25, 0.3) is 17.1 Å². The molecule has 9 heteroatoms. The number of benzene rings is 3. The van der Waals surface area contributed by atoms with Gasteiger partial charge in [0.05, 0.1) is 11.4 Å². The highest BCUT2D eigenvalue weighted by atomic mass is 79.9. The summed E-state index contributed by atoms with van der Waals surface area (Å²) in [7, 11) is 0. The van der Waals surface area contributed by atoms with E-state index in [2.05, 4.69) is 21.2 Å². The summed E-state index contributed by atoms with van der Waals surface area (Å²) in [6, 6.07) is 19.7. The van der Waals surface area contributed by atoms with E-state index in [4.69, 9.17) is 16.3 Å². The molecule has 1 fully saturated rings. The van der Waals surface area contributed by atoms with Gasteiger partial charge in [0.2, 0.25) is 0 Å². The molecule has 0 saturated carbocycles. The van der Waals surface area contributed by atoms with E-state index in [0.29, 0.717) is 22.0 Å². The van der Waals surface area contributed by atoms with Crippen LogP contribution in [-0.2, 0) is 16.1 Å². The van der Waals surface area contributed by atoms with E-state index in [1.807, 2.05) is 25.1 Å². The van der Waals surface area contributed by atoms with Crippen LogP contribution in [0.15, 0.2) is 76.1 Å². The van der Waals surface area contributed by atoms with Crippen LogP contribution in [0.4, 0.5) is 10.5 Å². The van der Waals surface area contributed by atoms with Crippen LogP contribution in [0.5, 0.6) is 5.75 Å². The van der Waals surface area contributed by atoms with Crippen molar-refractivity contribution in [3.8, 4) is 5.75 Å². The summed E-state index contributed by atoms with van der Waals surface area (Å²) < 4.78 is 6.52. The fourth-order valence-corrected chi connectivity index (χ4v) is 4.71. The summed E-state index contributed by atoms with van der Waals surface area (Å²) in [5.74, 6) is -0.289. The molecule has 0 aromatic heterocycles. The Morgan fingerprint density at radius 3 is 2.63 bits per heavy atom. The maximum atomic E-state index is 13.0. The molecule has 3 aromatic rings. The zero-order valence-electron chi connectivity index (χ0n) is 18.6. The molecular weight excluding hydrogens is 552 g/mol. The van der Waals surface area contributed by atoms with Crippen LogP contribution < -0.4 is 10.1 Å². The molecule has 0 radical (unpaired) electrons. The van der Waals surface area contributed by atoms with Gasteiger partial charge in [-0.3, -0.25) is 19.3 Å². The van der Waals surface area contributed by atoms with Crippen LogP contribution >= 0.6 is 39.3 Å². The molecule has 0 atom stereocenters. The number of ether oxygens (including phenoxy) is 1. The Hall–Kier alpha value is -3.07. The van der Waals surface area contributed by atoms with E-state index in [9.17, 15) is 14.4 Å². The third kappa shape index (κ3) is 6.54. The summed E-state index contributed by atoms with van der Waals surface area (Å²) >= 11 is 10.2. The van der Waals surface area contributed by atoms with Crippen LogP contribution in [0.2, 0.25) is 5.02 Å². The molecule has 0 aliphatic carbocycles. The lowest BCUT2D eigenvalue weighted by Crippen LogP contribution is -2.27. The first-order chi connectivity index (χ1) is 16.8. The van der Waals surface area contributed by atoms with Crippen LogP contribution in [0.1, 0.15) is 16.7 Å². The summed E-state index contributed by atoms with van der Waals surface area (Å²) in [4.78, 5) is 39.3. The Morgan fingerprint density at radius 1 is 1.11 bits per heavy atom. The van der Waals surface area contributed by atoms with Crippen molar-refractivity contribution in [2.45, 2.75) is 13.5 Å². The van der Waals surface area contributed by atoms with E-state index < -0.39 is 5.91 Å². The summed E-state index contributed by atoms with van der Waals surface area (Å²) in [5.41, 5.74) is 3.08. The third-order valence-electron chi connectivity index (χ3n) is 5.05. The lowest BCUT2D eigenvalue weighted by molar-refractivity contribution is -0.123. The maximum absolute atomic E-state index is 13.0. The molecule has 3 amide bonds. The minimum Gasteiger partial charge on any atom is -0.483 e. The highest BCUT2D eigenvalue weighted by molar-refractivity contribution is 9.10. The number of hydrogen-bond acceptors (Lipinski definition) is 5. The number of imide groups is 1. The number of nitrogens with zero attached hydrogens (tertiary/aromatic N) is 1. The zero-order chi connectivity index (χ0) is 24.9. The quantitative estimate of drug-likeness (QED) is 0.321. The molecular formula is C26H20BrClN2O4S. The standard InChI is InChI=1S/C26H20BrClN2O4S/c1-16-3-2-4-21(11-16)29-24(31)15-34-22-10-7-19(27)12-18(22)13-23-25(32)30(26(33)35-23)14-17-5-8-20(28)9-6-17/h2-13H,14-15H2,1H3,(H,29,31)/b23-13-. The second-order valence-electron chi connectivity index (χ2n) is 7.78. The van der Waals surface area contributed by atoms with Crippen LogP contribution in [0, 0.1) is 6.92 Å². The number of thioether (sulfide) groups is 1. The fourth-order valence-electron chi connectivity index (χ4n) is 3.38. The van der Waals surface area contributed by atoms with Crippen LogP contribution in [-0.4, -0.2) is 28.6 Å². The average Bonchev–Trinajstić information content (AvgIpc) is 3.07. The van der Waals surface area contributed by atoms with E-state index in [-0.39, 0.29) is 29.2 Å². The Labute approximate surface area is 220 Å². The van der Waals surface area contributed by atoms with Crippen LogP contribution in [0.25, 0.3) is 6.08 Å². The number of rotatable bonds is 7. The smallest absolute Gasteiger partial charge is 0.293 e. The van der Waals surface area contributed by atoms with Crippen molar-refractivity contribution in [2.75, 3.05) is 11.9 Å². The first-order valence-corrected chi connectivity index (χ1v) is 12.6.